The van der Waals surface area contributed by atoms with Crippen LogP contribution in [0.1, 0.15) is 100 Å². The van der Waals surface area contributed by atoms with E-state index in [-0.39, 0.29) is 25.2 Å². The van der Waals surface area contributed by atoms with Gasteiger partial charge in [0.1, 0.15) is 17.2 Å². The molecule has 0 aliphatic carbocycles. The second-order valence-corrected chi connectivity index (χ2v) is 18.2. The van der Waals surface area contributed by atoms with Crippen LogP contribution in [0.25, 0.3) is 59.8 Å². The molecule has 0 amide bonds. The number of nitrogens with zero attached hydrogens (tertiary/aromatic N) is 7. The molecule has 69 heavy (non-hydrogen) atoms. The van der Waals surface area contributed by atoms with Crippen LogP contribution in [-0.2, 0) is 48.1 Å². The Kier molecular flexibility index (Phi) is 23.3. The number of alkyl halides is 3. The van der Waals surface area contributed by atoms with Gasteiger partial charge in [-0.3, -0.25) is 24.5 Å². The van der Waals surface area contributed by atoms with E-state index >= 15 is 0 Å². The van der Waals surface area contributed by atoms with Gasteiger partial charge in [0.2, 0.25) is 0 Å². The second kappa shape index (κ2) is 28.8. The zero-order valence-corrected chi connectivity index (χ0v) is 42.8. The number of halogens is 3. The van der Waals surface area contributed by atoms with Crippen LogP contribution in [-0.4, -0.2) is 43.1 Å². The number of unbranched alkanes of at least 4 members (excludes halogenated alkanes) is 4. The molecule has 0 N–H and O–H groups in total. The summed E-state index contributed by atoms with van der Waals surface area (Å²) in [5.74, 6) is 1.32. The standard InChI is InChI=1S/C32H29N3O4S2.C18H23F3N3.CNS.Ru/c1-3-4-5-6-7-23-14-21(2)40-32(23)31-9-8-30(41-31)22-10-12-33-26(15-22)28-17-25(39-20-37)18-29(35-28)27-16-24(38-19-36)11-13-34-27;1-3-5-6-13(4-2)7-8-14-9-10-22-15(11-14)16-12-17(24-23-16)18(19,20)21;2-1-3;/h8-20H,3-7H2,1-2H3;9-13H,3-8H2,1-2H3;;/q;2*-1;+2. The van der Waals surface area contributed by atoms with Crippen molar-refractivity contribution in [2.45, 2.75) is 105 Å². The van der Waals surface area contributed by atoms with E-state index in [4.69, 9.17) is 19.9 Å². The minimum absolute atomic E-state index is 0. The summed E-state index contributed by atoms with van der Waals surface area (Å²) in [6.45, 7) is 9.53. The zero-order chi connectivity index (χ0) is 48.9. The third-order valence-electron chi connectivity index (χ3n) is 10.8. The third kappa shape index (κ3) is 17.1. The molecule has 362 valence electrons. The molecule has 7 aromatic heterocycles. The number of aryl methyl sites for hydroxylation is 3. The van der Waals surface area contributed by atoms with Gasteiger partial charge in [0.25, 0.3) is 12.9 Å². The fourth-order valence-electron chi connectivity index (χ4n) is 7.36. The normalized spacial score (nSPS) is 11.2. The van der Waals surface area contributed by atoms with Crippen molar-refractivity contribution in [3.05, 3.63) is 118 Å². The molecule has 11 nitrogen and oxygen atoms in total. The number of ether oxygens (including phenoxy) is 2. The van der Waals surface area contributed by atoms with Gasteiger partial charge in [-0.15, -0.1) is 22.7 Å². The number of carbonyl (C=O) groups is 2. The zero-order valence-electron chi connectivity index (χ0n) is 38.6. The van der Waals surface area contributed by atoms with E-state index in [1.165, 1.54) is 76.5 Å². The van der Waals surface area contributed by atoms with Gasteiger partial charge in [-0.25, -0.2) is 4.98 Å². The monoisotopic (exact) mass is 1080 g/mol. The van der Waals surface area contributed by atoms with Gasteiger partial charge >= 0.3 is 25.7 Å². The van der Waals surface area contributed by atoms with Gasteiger partial charge in [-0.1, -0.05) is 83.6 Å². The van der Waals surface area contributed by atoms with E-state index in [0.717, 1.165) is 47.8 Å². The Morgan fingerprint density at radius 2 is 1.38 bits per heavy atom. The summed E-state index contributed by atoms with van der Waals surface area (Å²) in [5.41, 5.74) is 5.21. The van der Waals surface area contributed by atoms with Crippen LogP contribution in [0.15, 0.2) is 91.4 Å². The van der Waals surface area contributed by atoms with Crippen LogP contribution in [0.2, 0.25) is 0 Å². The molecule has 1 atom stereocenters. The first kappa shape index (κ1) is 56.0. The number of pyridine rings is 4. The quantitative estimate of drug-likeness (QED) is 0.0222. The molecule has 0 radical (unpaired) electrons. The smallest absolute Gasteiger partial charge is 0.753 e. The van der Waals surface area contributed by atoms with E-state index < -0.39 is 11.9 Å². The second-order valence-electron chi connectivity index (χ2n) is 15.7. The molecule has 0 fully saturated rings. The minimum atomic E-state index is -4.48. The summed E-state index contributed by atoms with van der Waals surface area (Å²) < 4.78 is 48.0. The summed E-state index contributed by atoms with van der Waals surface area (Å²) in [4.78, 5) is 44.8. The summed E-state index contributed by atoms with van der Waals surface area (Å²) in [5, 5.41) is 15.3. The van der Waals surface area contributed by atoms with Crippen LogP contribution in [0, 0.1) is 12.8 Å². The Bertz CT molecular complexity index is 2740. The van der Waals surface area contributed by atoms with Gasteiger partial charge < -0.3 is 25.1 Å². The molecular formula is C51H52F3N7O4RuS3. The van der Waals surface area contributed by atoms with Crippen molar-refractivity contribution in [1.29, 1.82) is 0 Å². The van der Waals surface area contributed by atoms with E-state index in [1.807, 2.05) is 35.6 Å². The molecule has 0 spiro atoms. The molecule has 1 unspecified atom stereocenters. The number of thiophene rings is 2. The topological polar surface area (TPSA) is 153 Å². The number of rotatable bonds is 21. The van der Waals surface area contributed by atoms with Gasteiger partial charge in [-0.2, -0.15) is 18.3 Å². The van der Waals surface area contributed by atoms with E-state index in [1.54, 1.807) is 48.0 Å². The maximum atomic E-state index is 12.6. The van der Waals surface area contributed by atoms with Gasteiger partial charge in [0.15, 0.2) is 0 Å². The van der Waals surface area contributed by atoms with Crippen LogP contribution < -0.4 is 14.6 Å². The average Bonchev–Trinajstić information content (AvgIpc) is 4.13. The van der Waals surface area contributed by atoms with Gasteiger partial charge in [-0.05, 0) is 110 Å². The molecule has 18 heteroatoms. The predicted octanol–water partition coefficient (Wildman–Crippen LogP) is 14.1. The first-order valence-corrected chi connectivity index (χ1v) is 24.4. The Labute approximate surface area is 427 Å². The van der Waals surface area contributed by atoms with Crippen molar-refractivity contribution in [2.75, 3.05) is 0 Å². The summed E-state index contributed by atoms with van der Waals surface area (Å²) in [6, 6.07) is 21.8. The first-order chi connectivity index (χ1) is 32.9. The van der Waals surface area contributed by atoms with E-state index in [0.29, 0.717) is 58.8 Å². The molecule has 0 aliphatic heterocycles. The first-order valence-electron chi connectivity index (χ1n) is 22.3. The van der Waals surface area contributed by atoms with E-state index in [2.05, 4.69) is 83.3 Å². The van der Waals surface area contributed by atoms with E-state index in [9.17, 15) is 22.8 Å². The van der Waals surface area contributed by atoms with Crippen LogP contribution in [0.4, 0.5) is 13.2 Å². The molecule has 0 saturated carbocycles. The number of hydrogen-bond acceptors (Lipinski definition) is 12. The Hall–Kier alpha value is -5.64. The average molecular weight is 1080 g/mol. The maximum Gasteiger partial charge on any atom is 2.00 e. The number of thiocarbonyl (C=S) groups is 1. The van der Waals surface area contributed by atoms with Gasteiger partial charge in [0, 0.05) is 62.0 Å². The molecular weight excluding hydrogens is 1030 g/mol. The largest absolute Gasteiger partial charge is 2.00 e. The fourth-order valence-corrected chi connectivity index (χ4v) is 9.57. The molecule has 0 saturated heterocycles. The predicted molar refractivity (Wildman–Crippen MR) is 267 cm³/mol. The molecule has 7 rings (SSSR count). The third-order valence-corrected chi connectivity index (χ3v) is 13.2. The number of aromatic nitrogens is 6. The van der Waals surface area contributed by atoms with Crippen molar-refractivity contribution in [1.82, 2.24) is 30.1 Å². The van der Waals surface area contributed by atoms with Crippen molar-refractivity contribution < 1.29 is 51.7 Å². The van der Waals surface area contributed by atoms with Crippen molar-refractivity contribution >= 4 is 53.0 Å². The molecule has 0 aliphatic rings. The van der Waals surface area contributed by atoms with Crippen LogP contribution in [0.5, 0.6) is 11.5 Å². The maximum absolute atomic E-state index is 12.6. The fraction of sp³-hybridized carbons (Fsp3) is 0.333. The van der Waals surface area contributed by atoms with Crippen LogP contribution >= 0.6 is 34.9 Å². The summed E-state index contributed by atoms with van der Waals surface area (Å²) in [7, 11) is 0. The Morgan fingerprint density at radius 3 is 2.04 bits per heavy atom. The van der Waals surface area contributed by atoms with Crippen molar-refractivity contribution in [3.8, 4) is 65.9 Å². The number of carbonyl (C=O) groups excluding carboxylic acids is 2. The molecule has 0 aromatic carbocycles. The summed E-state index contributed by atoms with van der Waals surface area (Å²) in [6.07, 6.45) is 13.3. The summed E-state index contributed by atoms with van der Waals surface area (Å²) >= 11 is 7.33. The molecule has 7 aromatic rings. The number of isothiocyanates is 1. The van der Waals surface area contributed by atoms with Crippen LogP contribution in [0.3, 0.4) is 0 Å². The molecule has 7 heterocycles. The Morgan fingerprint density at radius 1 is 0.739 bits per heavy atom. The minimum Gasteiger partial charge on any atom is -0.753 e. The van der Waals surface area contributed by atoms with Crippen molar-refractivity contribution in [2.24, 2.45) is 5.92 Å². The van der Waals surface area contributed by atoms with Crippen molar-refractivity contribution in [3.63, 3.8) is 0 Å². The number of hydrogen-bond donors (Lipinski definition) is 0. The van der Waals surface area contributed by atoms with Gasteiger partial charge in [0.05, 0.1) is 22.8 Å². The molecule has 0 bridgehead atoms. The SMILES string of the molecule is CCCCC(CC)CCc1ccnc(-c2cc(C(F)(F)F)n[n-]2)c1.CCCCCCc1cc(C)sc1-c1ccc(-c2ccnc(-c3cc(OC=O)cc(-c4cc(OC=O)ccn4)n3)c2)s1.[N-]=C=S.[Ru+2]. The Balaban J connectivity index is 0.000000316.